The van der Waals surface area contributed by atoms with Crippen molar-refractivity contribution in [3.05, 3.63) is 96.1 Å². The molecule has 0 amide bonds. The number of hydrogen-bond donors (Lipinski definition) is 1. The first kappa shape index (κ1) is 17.3. The standard InChI is InChI=1S/C23H24NOP/c25-26(20-13-3-1-4-14-20,21-15-5-2-6-16-21)24-23-18-10-8-12-19-11-7-9-17-22(19)23/h1-7,9,11,13-17,23H,8,10,12,18H2,(H,24,25)/t23-/m0/s1. The number of rotatable bonds is 4. The van der Waals surface area contributed by atoms with Crippen LogP contribution in [0.25, 0.3) is 0 Å². The molecule has 0 spiro atoms. The van der Waals surface area contributed by atoms with Gasteiger partial charge in [0.1, 0.15) is 0 Å². The predicted molar refractivity (Wildman–Crippen MR) is 110 cm³/mol. The third kappa shape index (κ3) is 3.40. The maximum Gasteiger partial charge on any atom is 0.205 e. The molecule has 132 valence electrons. The largest absolute Gasteiger partial charge is 0.297 e. The number of nitrogens with one attached hydrogen (secondary N) is 1. The monoisotopic (exact) mass is 361 g/mol. The second-order valence-corrected chi connectivity index (χ2v) is 9.42. The number of fused-ring (bicyclic) bond motifs is 1. The molecule has 3 aromatic rings. The zero-order valence-corrected chi connectivity index (χ0v) is 15.7. The Balaban J connectivity index is 1.78. The van der Waals surface area contributed by atoms with E-state index in [1.807, 2.05) is 60.7 Å². The Morgan fingerprint density at radius 2 is 1.31 bits per heavy atom. The highest BCUT2D eigenvalue weighted by Gasteiger charge is 2.31. The van der Waals surface area contributed by atoms with Gasteiger partial charge in [-0.15, -0.1) is 0 Å². The molecule has 1 atom stereocenters. The van der Waals surface area contributed by atoms with Gasteiger partial charge in [0.2, 0.25) is 7.29 Å². The number of aryl methyl sites for hydroxylation is 1. The fourth-order valence-electron chi connectivity index (χ4n) is 3.85. The van der Waals surface area contributed by atoms with E-state index in [-0.39, 0.29) is 6.04 Å². The summed E-state index contributed by atoms with van der Waals surface area (Å²) in [4.78, 5) is 0. The summed E-state index contributed by atoms with van der Waals surface area (Å²) in [6.07, 6.45) is 4.46. The van der Waals surface area contributed by atoms with Gasteiger partial charge in [0, 0.05) is 16.7 Å². The minimum Gasteiger partial charge on any atom is -0.297 e. The Hall–Kier alpha value is -2.15. The van der Waals surface area contributed by atoms with Crippen molar-refractivity contribution in [2.45, 2.75) is 31.7 Å². The van der Waals surface area contributed by atoms with Crippen LogP contribution in [-0.4, -0.2) is 0 Å². The summed E-state index contributed by atoms with van der Waals surface area (Å²) in [7, 11) is -2.92. The molecule has 0 radical (unpaired) electrons. The van der Waals surface area contributed by atoms with E-state index in [0.29, 0.717) is 0 Å². The third-order valence-electron chi connectivity index (χ3n) is 5.20. The van der Waals surface area contributed by atoms with Gasteiger partial charge in [-0.3, -0.25) is 9.65 Å². The zero-order chi connectivity index (χ0) is 17.8. The van der Waals surface area contributed by atoms with Crippen LogP contribution in [-0.2, 0) is 11.0 Å². The van der Waals surface area contributed by atoms with Crippen LogP contribution in [0, 0.1) is 0 Å². The molecule has 0 bridgehead atoms. The molecule has 0 unspecified atom stereocenters. The highest BCUT2D eigenvalue weighted by Crippen LogP contribution is 2.44. The number of hydrogen-bond acceptors (Lipinski definition) is 1. The van der Waals surface area contributed by atoms with Gasteiger partial charge in [-0.05, 0) is 54.7 Å². The smallest absolute Gasteiger partial charge is 0.205 e. The molecule has 0 fully saturated rings. The summed E-state index contributed by atoms with van der Waals surface area (Å²) >= 11 is 0. The van der Waals surface area contributed by atoms with Gasteiger partial charge in [0.05, 0.1) is 0 Å². The zero-order valence-electron chi connectivity index (χ0n) is 14.8. The van der Waals surface area contributed by atoms with Crippen molar-refractivity contribution in [1.29, 1.82) is 0 Å². The minimum atomic E-state index is -2.92. The fraction of sp³-hybridized carbons (Fsp3) is 0.217. The Kier molecular flexibility index (Phi) is 5.06. The van der Waals surface area contributed by atoms with Gasteiger partial charge in [0.15, 0.2) is 0 Å². The van der Waals surface area contributed by atoms with Crippen LogP contribution in [0.2, 0.25) is 0 Å². The van der Waals surface area contributed by atoms with Gasteiger partial charge in [-0.1, -0.05) is 67.1 Å². The van der Waals surface area contributed by atoms with Crippen LogP contribution in [0.5, 0.6) is 0 Å². The summed E-state index contributed by atoms with van der Waals surface area (Å²) in [6, 6.07) is 28.4. The van der Waals surface area contributed by atoms with E-state index in [1.165, 1.54) is 17.5 Å². The van der Waals surface area contributed by atoms with Crippen LogP contribution < -0.4 is 15.7 Å². The Bertz CT molecular complexity index is 864. The van der Waals surface area contributed by atoms with E-state index >= 15 is 0 Å². The molecule has 0 saturated carbocycles. The van der Waals surface area contributed by atoms with Crippen molar-refractivity contribution in [2.24, 2.45) is 0 Å². The summed E-state index contributed by atoms with van der Waals surface area (Å²) in [6.45, 7) is 0. The average Bonchev–Trinajstić information content (AvgIpc) is 2.92. The first-order valence-electron chi connectivity index (χ1n) is 9.34. The van der Waals surface area contributed by atoms with Gasteiger partial charge >= 0.3 is 0 Å². The van der Waals surface area contributed by atoms with Gasteiger partial charge in [-0.2, -0.15) is 0 Å². The Labute approximate surface area is 155 Å². The summed E-state index contributed by atoms with van der Waals surface area (Å²) in [5.41, 5.74) is 2.69. The van der Waals surface area contributed by atoms with Crippen molar-refractivity contribution in [1.82, 2.24) is 5.09 Å². The van der Waals surface area contributed by atoms with Crippen molar-refractivity contribution in [2.75, 3.05) is 0 Å². The highest BCUT2D eigenvalue weighted by atomic mass is 31.2. The molecule has 0 aliphatic heterocycles. The molecule has 26 heavy (non-hydrogen) atoms. The highest BCUT2D eigenvalue weighted by molar-refractivity contribution is 7.76. The lowest BCUT2D eigenvalue weighted by molar-refractivity contribution is 0.539. The van der Waals surface area contributed by atoms with Crippen LogP contribution in [0.1, 0.15) is 36.4 Å². The lowest BCUT2D eigenvalue weighted by atomic mass is 10.0. The quantitative estimate of drug-likeness (QED) is 0.525. The fourth-order valence-corrected chi connectivity index (χ4v) is 6.34. The van der Waals surface area contributed by atoms with Crippen LogP contribution in [0.4, 0.5) is 0 Å². The number of benzene rings is 3. The minimum absolute atomic E-state index is 0.111. The normalized spacial score (nSPS) is 17.3. The molecule has 0 saturated heterocycles. The predicted octanol–water partition coefficient (Wildman–Crippen LogP) is 4.97. The Morgan fingerprint density at radius 1 is 0.731 bits per heavy atom. The van der Waals surface area contributed by atoms with Gasteiger partial charge in [0.25, 0.3) is 0 Å². The maximum absolute atomic E-state index is 14.3. The van der Waals surface area contributed by atoms with Crippen LogP contribution in [0.15, 0.2) is 84.9 Å². The van der Waals surface area contributed by atoms with E-state index in [4.69, 9.17) is 0 Å². The third-order valence-corrected chi connectivity index (χ3v) is 7.92. The van der Waals surface area contributed by atoms with Gasteiger partial charge in [-0.25, -0.2) is 0 Å². The summed E-state index contributed by atoms with van der Waals surface area (Å²) in [5, 5.41) is 5.35. The molecular formula is C23H24NOP. The van der Waals surface area contributed by atoms with E-state index in [1.54, 1.807) is 0 Å². The van der Waals surface area contributed by atoms with Crippen LogP contribution in [0.3, 0.4) is 0 Å². The second-order valence-electron chi connectivity index (χ2n) is 6.91. The molecule has 3 aromatic carbocycles. The molecule has 4 rings (SSSR count). The first-order chi connectivity index (χ1) is 12.8. The average molecular weight is 361 g/mol. The van der Waals surface area contributed by atoms with E-state index in [0.717, 1.165) is 29.9 Å². The lowest BCUT2D eigenvalue weighted by Gasteiger charge is -2.27. The Morgan fingerprint density at radius 3 is 1.96 bits per heavy atom. The molecule has 1 aliphatic rings. The van der Waals surface area contributed by atoms with Crippen molar-refractivity contribution in [3.63, 3.8) is 0 Å². The SMILES string of the molecule is O=P(N[C@H]1CCCCc2ccccc21)(c1ccccc1)c1ccccc1. The lowest BCUT2D eigenvalue weighted by Crippen LogP contribution is -2.30. The second kappa shape index (κ2) is 7.61. The summed E-state index contributed by atoms with van der Waals surface area (Å²) in [5.74, 6) is 0. The molecular weight excluding hydrogens is 337 g/mol. The van der Waals surface area contributed by atoms with E-state index in [9.17, 15) is 4.57 Å². The van der Waals surface area contributed by atoms with Crippen molar-refractivity contribution in [3.8, 4) is 0 Å². The topological polar surface area (TPSA) is 29.1 Å². The first-order valence-corrected chi connectivity index (χ1v) is 11.0. The molecule has 3 heteroatoms. The summed E-state index contributed by atoms with van der Waals surface area (Å²) < 4.78 is 14.3. The molecule has 0 aromatic heterocycles. The molecule has 1 N–H and O–H groups in total. The maximum atomic E-state index is 14.3. The van der Waals surface area contributed by atoms with Crippen molar-refractivity contribution >= 4 is 17.9 Å². The molecule has 0 heterocycles. The molecule has 1 aliphatic carbocycles. The molecule has 2 nitrogen and oxygen atoms in total. The van der Waals surface area contributed by atoms with Crippen LogP contribution >= 0.6 is 7.29 Å². The van der Waals surface area contributed by atoms with Crippen molar-refractivity contribution < 1.29 is 4.57 Å². The van der Waals surface area contributed by atoms with E-state index < -0.39 is 7.29 Å². The van der Waals surface area contributed by atoms with Gasteiger partial charge < -0.3 is 0 Å². The van der Waals surface area contributed by atoms with E-state index in [2.05, 4.69) is 29.4 Å².